The first-order valence-corrected chi connectivity index (χ1v) is 10.6. The van der Waals surface area contributed by atoms with Crippen LogP contribution in [-0.2, 0) is 0 Å². The first-order valence-electron chi connectivity index (χ1n) is 10.2. The molecule has 0 fully saturated rings. The Morgan fingerprint density at radius 1 is 1.39 bits per heavy atom. The molecule has 0 bridgehead atoms. The molecule has 7 nitrogen and oxygen atoms in total. The van der Waals surface area contributed by atoms with Crippen molar-refractivity contribution in [2.75, 3.05) is 12.3 Å². The molecule has 0 aliphatic heterocycles. The van der Waals surface area contributed by atoms with E-state index in [2.05, 4.69) is 15.3 Å². The largest absolute Gasteiger partial charge is 0.490 e. The number of carbonyl (C=O) groups excluding carboxylic acids is 1. The Kier molecular flexibility index (Phi) is 6.69. The van der Waals surface area contributed by atoms with Crippen LogP contribution in [0.4, 0.5) is 10.2 Å². The Labute approximate surface area is 185 Å². The lowest BCUT2D eigenvalue weighted by Crippen LogP contribution is -2.27. The number of anilines is 1. The predicted octanol–water partition coefficient (Wildman–Crippen LogP) is 4.49. The summed E-state index contributed by atoms with van der Waals surface area (Å²) in [6.07, 6.45) is 3.78. The van der Waals surface area contributed by atoms with Gasteiger partial charge in [0.15, 0.2) is 5.82 Å². The van der Waals surface area contributed by atoms with Crippen molar-refractivity contribution in [2.45, 2.75) is 53.1 Å². The number of nitrogen functional groups attached to an aromatic ring is 1. The number of ether oxygens (including phenoxy) is 1. The second-order valence-electron chi connectivity index (χ2n) is 7.70. The Balaban J connectivity index is 2.24. The van der Waals surface area contributed by atoms with Gasteiger partial charge in [-0.3, -0.25) is 9.20 Å². The smallest absolute Gasteiger partial charge is 0.258 e. The van der Waals surface area contributed by atoms with Gasteiger partial charge in [-0.2, -0.15) is 0 Å². The number of nitrogens with two attached hydrogens (primary N) is 1. The first-order chi connectivity index (χ1) is 14.7. The maximum absolute atomic E-state index is 15.0. The molecule has 0 aliphatic carbocycles. The minimum atomic E-state index is -0.806. The number of rotatable bonds is 7. The summed E-state index contributed by atoms with van der Waals surface area (Å²) < 4.78 is 22.8. The van der Waals surface area contributed by atoms with Crippen molar-refractivity contribution in [1.82, 2.24) is 19.7 Å². The summed E-state index contributed by atoms with van der Waals surface area (Å²) in [4.78, 5) is 21.6. The predicted molar refractivity (Wildman–Crippen MR) is 119 cm³/mol. The maximum Gasteiger partial charge on any atom is 0.258 e. The molecule has 2 heterocycles. The van der Waals surface area contributed by atoms with Gasteiger partial charge in [0.2, 0.25) is 0 Å². The number of halogens is 2. The van der Waals surface area contributed by atoms with Crippen molar-refractivity contribution in [2.24, 2.45) is 0 Å². The maximum atomic E-state index is 15.0. The number of hydrogen-bond donors (Lipinski definition) is 2. The summed E-state index contributed by atoms with van der Waals surface area (Å²) in [6.45, 7) is 9.70. The molecule has 0 radical (unpaired) electrons. The molecule has 3 rings (SSSR count). The van der Waals surface area contributed by atoms with Crippen LogP contribution in [0.2, 0.25) is 5.02 Å². The van der Waals surface area contributed by atoms with Crippen molar-refractivity contribution in [3.8, 4) is 5.75 Å². The highest BCUT2D eigenvalue weighted by Crippen LogP contribution is 2.39. The number of fused-ring (bicyclic) bond motifs is 1. The zero-order valence-corrected chi connectivity index (χ0v) is 19.0. The minimum absolute atomic E-state index is 0.154. The highest BCUT2D eigenvalue weighted by Gasteiger charge is 2.29. The Morgan fingerprint density at radius 2 is 2.10 bits per heavy atom. The van der Waals surface area contributed by atoms with E-state index in [1.807, 2.05) is 39.0 Å². The van der Waals surface area contributed by atoms with Crippen molar-refractivity contribution in [1.29, 1.82) is 0 Å². The van der Waals surface area contributed by atoms with Gasteiger partial charge in [-0.05, 0) is 33.3 Å². The van der Waals surface area contributed by atoms with Crippen LogP contribution in [-0.4, -0.2) is 32.9 Å². The van der Waals surface area contributed by atoms with Crippen LogP contribution in [0.1, 0.15) is 67.5 Å². The molecule has 1 amide bonds. The van der Waals surface area contributed by atoms with Crippen LogP contribution >= 0.6 is 11.6 Å². The number of amides is 1. The average Bonchev–Trinajstić information content (AvgIpc) is 3.06. The summed E-state index contributed by atoms with van der Waals surface area (Å²) in [5.41, 5.74) is 7.81. The number of nitrogens with zero attached hydrogens (tertiary/aromatic N) is 3. The Bertz CT molecular complexity index is 1130. The quantitative estimate of drug-likeness (QED) is 0.556. The average molecular weight is 448 g/mol. The van der Waals surface area contributed by atoms with Gasteiger partial charge in [0.25, 0.3) is 5.91 Å². The molecule has 31 heavy (non-hydrogen) atoms. The minimum Gasteiger partial charge on any atom is -0.490 e. The molecule has 0 spiro atoms. The monoisotopic (exact) mass is 447 g/mol. The molecule has 0 saturated carbocycles. The summed E-state index contributed by atoms with van der Waals surface area (Å²) in [6, 6.07) is 1.50. The number of carbonyl (C=O) groups is 1. The molecule has 166 valence electrons. The fourth-order valence-corrected chi connectivity index (χ4v) is 3.77. The summed E-state index contributed by atoms with van der Waals surface area (Å²) >= 11 is 6.22. The third-order valence-corrected chi connectivity index (χ3v) is 5.23. The summed E-state index contributed by atoms with van der Waals surface area (Å²) in [7, 11) is 0. The van der Waals surface area contributed by atoms with Crippen LogP contribution in [0.25, 0.3) is 5.52 Å². The topological polar surface area (TPSA) is 94.5 Å². The van der Waals surface area contributed by atoms with E-state index < -0.39 is 11.7 Å². The number of benzene rings is 1. The van der Waals surface area contributed by atoms with Gasteiger partial charge >= 0.3 is 0 Å². The third kappa shape index (κ3) is 4.30. The molecular formula is C22H27ClFN5O2. The molecule has 0 saturated heterocycles. The third-order valence-electron chi connectivity index (χ3n) is 4.96. The highest BCUT2D eigenvalue weighted by molar-refractivity contribution is 6.31. The van der Waals surface area contributed by atoms with Crippen LogP contribution in [0.5, 0.6) is 5.75 Å². The van der Waals surface area contributed by atoms with Gasteiger partial charge < -0.3 is 15.8 Å². The molecular weight excluding hydrogens is 421 g/mol. The number of aryl methyl sites for hydroxylation is 1. The zero-order chi connectivity index (χ0) is 22.9. The fourth-order valence-electron chi connectivity index (χ4n) is 3.56. The standard InChI is InChI=1S/C22H27ClFN5O2/c1-6-7-27-22(30)16-17(24)15(23)10-14(19(16)31-11(2)3)12(4)21-28-13(5)18-20(25)26-8-9-29(18)21/h8-12H,6-7H2,1-5H3,(H2,25,26)(H,27,30)/t12-/m0/s1. The number of aromatic nitrogens is 3. The van der Waals surface area contributed by atoms with E-state index in [1.165, 1.54) is 6.07 Å². The van der Waals surface area contributed by atoms with Crippen molar-refractivity contribution >= 4 is 28.8 Å². The first kappa shape index (κ1) is 22.8. The lowest BCUT2D eigenvalue weighted by Gasteiger charge is -2.22. The second-order valence-corrected chi connectivity index (χ2v) is 8.10. The van der Waals surface area contributed by atoms with E-state index in [-0.39, 0.29) is 28.4 Å². The zero-order valence-electron chi connectivity index (χ0n) is 18.3. The van der Waals surface area contributed by atoms with Crippen molar-refractivity contribution in [3.63, 3.8) is 0 Å². The van der Waals surface area contributed by atoms with Crippen LogP contribution in [0, 0.1) is 12.7 Å². The summed E-state index contributed by atoms with van der Waals surface area (Å²) in [5, 5.41) is 2.56. The molecule has 3 N–H and O–H groups in total. The molecule has 3 aromatic rings. The molecule has 1 aromatic carbocycles. The highest BCUT2D eigenvalue weighted by atomic mass is 35.5. The van der Waals surface area contributed by atoms with E-state index in [4.69, 9.17) is 22.1 Å². The van der Waals surface area contributed by atoms with Gasteiger partial charge in [-0.25, -0.2) is 14.4 Å². The number of hydrogen-bond acceptors (Lipinski definition) is 5. The van der Waals surface area contributed by atoms with E-state index >= 15 is 4.39 Å². The van der Waals surface area contributed by atoms with E-state index in [0.717, 1.165) is 0 Å². The lowest BCUT2D eigenvalue weighted by molar-refractivity contribution is 0.0943. The molecule has 9 heteroatoms. The van der Waals surface area contributed by atoms with Crippen LogP contribution in [0.3, 0.4) is 0 Å². The van der Waals surface area contributed by atoms with Gasteiger partial charge in [0.05, 0.1) is 16.8 Å². The van der Waals surface area contributed by atoms with Crippen LogP contribution < -0.4 is 15.8 Å². The Hall–Kier alpha value is -2.87. The van der Waals surface area contributed by atoms with Gasteiger partial charge in [0.1, 0.15) is 28.5 Å². The molecule has 1 atom stereocenters. The van der Waals surface area contributed by atoms with E-state index in [1.54, 1.807) is 12.4 Å². The van der Waals surface area contributed by atoms with Gasteiger partial charge in [0, 0.05) is 30.4 Å². The molecule has 2 aromatic heterocycles. The molecule has 0 aliphatic rings. The lowest BCUT2D eigenvalue weighted by atomic mass is 9.95. The summed E-state index contributed by atoms with van der Waals surface area (Å²) in [5.74, 6) is -0.579. The van der Waals surface area contributed by atoms with E-state index in [9.17, 15) is 4.79 Å². The SMILES string of the molecule is CCCNC(=O)c1c(F)c(Cl)cc([C@H](C)c2nc(C)c3c(N)nccn23)c1OC(C)C. The second kappa shape index (κ2) is 9.09. The number of nitrogens with one attached hydrogen (secondary N) is 1. The van der Waals surface area contributed by atoms with Crippen molar-refractivity contribution in [3.05, 3.63) is 51.9 Å². The Morgan fingerprint density at radius 3 is 2.74 bits per heavy atom. The fraction of sp³-hybridized carbons (Fsp3) is 0.409. The van der Waals surface area contributed by atoms with E-state index in [0.29, 0.717) is 41.4 Å². The van der Waals surface area contributed by atoms with Gasteiger partial charge in [-0.1, -0.05) is 25.4 Å². The normalized spacial score (nSPS) is 12.4. The van der Waals surface area contributed by atoms with Crippen LogP contribution in [0.15, 0.2) is 18.5 Å². The van der Waals surface area contributed by atoms with Crippen molar-refractivity contribution < 1.29 is 13.9 Å². The molecule has 0 unspecified atom stereocenters. The number of imidazole rings is 1. The van der Waals surface area contributed by atoms with Gasteiger partial charge in [-0.15, -0.1) is 0 Å².